The third-order valence-electron chi connectivity index (χ3n) is 4.94. The van der Waals surface area contributed by atoms with E-state index in [1.54, 1.807) is 36.7 Å². The van der Waals surface area contributed by atoms with Crippen molar-refractivity contribution in [3.05, 3.63) is 78.6 Å². The SMILES string of the molecule is O=S(=O)(c1ccccc1)n1cc(-c2cnc3c(c2)CCN3)c2ccccc21. The number of hydrogen-bond donors (Lipinski definition) is 1. The number of nitrogens with zero attached hydrogens (tertiary/aromatic N) is 2. The summed E-state index contributed by atoms with van der Waals surface area (Å²) in [5.74, 6) is 0.916. The molecule has 134 valence electrons. The van der Waals surface area contributed by atoms with Crippen LogP contribution in [0.1, 0.15) is 5.56 Å². The molecule has 27 heavy (non-hydrogen) atoms. The first-order valence-electron chi connectivity index (χ1n) is 8.78. The molecule has 0 saturated heterocycles. The summed E-state index contributed by atoms with van der Waals surface area (Å²) in [4.78, 5) is 4.77. The van der Waals surface area contributed by atoms with Crippen LogP contribution in [0.15, 0.2) is 78.0 Å². The second-order valence-corrected chi connectivity index (χ2v) is 8.40. The normalized spacial score (nSPS) is 13.5. The lowest BCUT2D eigenvalue weighted by molar-refractivity contribution is 0.589. The summed E-state index contributed by atoms with van der Waals surface area (Å²) in [5.41, 5.74) is 3.62. The van der Waals surface area contributed by atoms with Crippen LogP contribution in [0, 0.1) is 0 Å². The Kier molecular flexibility index (Phi) is 3.55. The number of benzene rings is 2. The zero-order chi connectivity index (χ0) is 18.4. The van der Waals surface area contributed by atoms with Crippen LogP contribution in [0.4, 0.5) is 5.82 Å². The molecule has 5 rings (SSSR count). The first-order chi connectivity index (χ1) is 13.1. The predicted octanol–water partition coefficient (Wildman–Crippen LogP) is 3.91. The Labute approximate surface area is 157 Å². The molecule has 0 radical (unpaired) electrons. The largest absolute Gasteiger partial charge is 0.370 e. The Morgan fingerprint density at radius 2 is 1.78 bits per heavy atom. The average molecular weight is 375 g/mol. The van der Waals surface area contributed by atoms with Crippen LogP contribution in [0.5, 0.6) is 0 Å². The fraction of sp³-hybridized carbons (Fsp3) is 0.0952. The molecule has 0 bridgehead atoms. The molecule has 1 aliphatic rings. The molecule has 3 heterocycles. The second-order valence-electron chi connectivity index (χ2n) is 6.58. The molecule has 0 spiro atoms. The molecule has 0 saturated carbocycles. The molecule has 1 aliphatic heterocycles. The third kappa shape index (κ3) is 2.52. The number of hydrogen-bond acceptors (Lipinski definition) is 4. The molecule has 0 unspecified atom stereocenters. The quantitative estimate of drug-likeness (QED) is 0.590. The molecule has 1 N–H and O–H groups in total. The predicted molar refractivity (Wildman–Crippen MR) is 106 cm³/mol. The van der Waals surface area contributed by atoms with Crippen LogP contribution in [0.2, 0.25) is 0 Å². The van der Waals surface area contributed by atoms with Gasteiger partial charge in [0.2, 0.25) is 0 Å². The van der Waals surface area contributed by atoms with Gasteiger partial charge in [-0.25, -0.2) is 17.4 Å². The maximum Gasteiger partial charge on any atom is 0.268 e. The third-order valence-corrected chi connectivity index (χ3v) is 6.63. The summed E-state index contributed by atoms with van der Waals surface area (Å²) in [6.07, 6.45) is 4.44. The molecule has 0 atom stereocenters. The Hall–Kier alpha value is -3.12. The van der Waals surface area contributed by atoms with Gasteiger partial charge in [0.15, 0.2) is 0 Å². The second kappa shape index (κ2) is 5.96. The van der Waals surface area contributed by atoms with E-state index in [9.17, 15) is 8.42 Å². The number of nitrogens with one attached hydrogen (secondary N) is 1. The number of fused-ring (bicyclic) bond motifs is 2. The molecule has 4 aromatic rings. The summed E-state index contributed by atoms with van der Waals surface area (Å²) in [5, 5.41) is 4.15. The van der Waals surface area contributed by atoms with Gasteiger partial charge >= 0.3 is 0 Å². The van der Waals surface area contributed by atoms with Gasteiger partial charge in [-0.2, -0.15) is 0 Å². The van der Waals surface area contributed by atoms with Crippen LogP contribution in [0.3, 0.4) is 0 Å². The van der Waals surface area contributed by atoms with E-state index in [1.807, 2.05) is 30.3 Å². The van der Waals surface area contributed by atoms with Crippen molar-refractivity contribution in [2.45, 2.75) is 11.3 Å². The van der Waals surface area contributed by atoms with Crippen molar-refractivity contribution in [3.63, 3.8) is 0 Å². The molecule has 0 fully saturated rings. The van der Waals surface area contributed by atoms with E-state index in [1.165, 1.54) is 3.97 Å². The van der Waals surface area contributed by atoms with Crippen molar-refractivity contribution < 1.29 is 8.42 Å². The number of para-hydroxylation sites is 1. The van der Waals surface area contributed by atoms with Gasteiger partial charge in [-0.05, 0) is 36.2 Å². The van der Waals surface area contributed by atoms with Gasteiger partial charge in [0, 0.05) is 35.5 Å². The highest BCUT2D eigenvalue weighted by Gasteiger charge is 2.22. The molecule has 2 aromatic heterocycles. The van der Waals surface area contributed by atoms with Gasteiger partial charge in [-0.3, -0.25) is 0 Å². The standard InChI is InChI=1S/C21H17N3O2S/c25-27(26,17-6-2-1-3-7-17)24-14-19(18-8-4-5-9-20(18)24)16-12-15-10-11-22-21(15)23-13-16/h1-9,12-14H,10-11H2,(H,22,23). The van der Waals surface area contributed by atoms with Crippen LogP contribution in [0.25, 0.3) is 22.0 Å². The van der Waals surface area contributed by atoms with Crippen molar-refractivity contribution in [2.75, 3.05) is 11.9 Å². The summed E-state index contributed by atoms with van der Waals surface area (Å²) in [6.45, 7) is 0.885. The van der Waals surface area contributed by atoms with Gasteiger partial charge in [0.05, 0.1) is 10.4 Å². The highest BCUT2D eigenvalue weighted by molar-refractivity contribution is 7.90. The fourth-order valence-corrected chi connectivity index (χ4v) is 5.00. The van der Waals surface area contributed by atoms with Crippen molar-refractivity contribution in [3.8, 4) is 11.1 Å². The molecule has 2 aromatic carbocycles. The van der Waals surface area contributed by atoms with Gasteiger partial charge in [-0.1, -0.05) is 36.4 Å². The zero-order valence-electron chi connectivity index (χ0n) is 14.5. The molecular formula is C21H17N3O2S. The van der Waals surface area contributed by atoms with E-state index >= 15 is 0 Å². The van der Waals surface area contributed by atoms with Crippen LogP contribution in [-0.4, -0.2) is 23.9 Å². The fourth-order valence-electron chi connectivity index (χ4n) is 3.61. The topological polar surface area (TPSA) is 64.0 Å². The summed E-state index contributed by atoms with van der Waals surface area (Å²) in [7, 11) is -3.68. The van der Waals surface area contributed by atoms with E-state index in [0.717, 1.165) is 40.9 Å². The van der Waals surface area contributed by atoms with Crippen molar-refractivity contribution in [2.24, 2.45) is 0 Å². The minimum Gasteiger partial charge on any atom is -0.370 e. The van der Waals surface area contributed by atoms with E-state index in [0.29, 0.717) is 5.52 Å². The van der Waals surface area contributed by atoms with Gasteiger partial charge in [0.1, 0.15) is 5.82 Å². The highest BCUT2D eigenvalue weighted by atomic mass is 32.2. The Balaban J connectivity index is 1.75. The van der Waals surface area contributed by atoms with Crippen molar-refractivity contribution in [1.82, 2.24) is 8.96 Å². The summed E-state index contributed by atoms with van der Waals surface area (Å²) < 4.78 is 27.8. The van der Waals surface area contributed by atoms with Crippen LogP contribution in [-0.2, 0) is 16.4 Å². The highest BCUT2D eigenvalue weighted by Crippen LogP contribution is 2.34. The lowest BCUT2D eigenvalue weighted by Gasteiger charge is -2.07. The van der Waals surface area contributed by atoms with E-state index in [2.05, 4.69) is 16.4 Å². The maximum atomic E-state index is 13.2. The first kappa shape index (κ1) is 16.1. The molecule has 6 heteroatoms. The zero-order valence-corrected chi connectivity index (χ0v) is 15.3. The average Bonchev–Trinajstić information content (AvgIpc) is 3.33. The molecular weight excluding hydrogens is 358 g/mol. The molecule has 0 aliphatic carbocycles. The number of pyridine rings is 1. The van der Waals surface area contributed by atoms with Crippen LogP contribution >= 0.6 is 0 Å². The minimum atomic E-state index is -3.68. The first-order valence-corrected chi connectivity index (χ1v) is 10.2. The maximum absolute atomic E-state index is 13.2. The Bertz CT molecular complexity index is 1260. The molecule has 0 amide bonds. The lowest BCUT2D eigenvalue weighted by Crippen LogP contribution is -2.11. The van der Waals surface area contributed by atoms with Gasteiger partial charge < -0.3 is 5.32 Å². The van der Waals surface area contributed by atoms with E-state index in [-0.39, 0.29) is 4.90 Å². The summed E-state index contributed by atoms with van der Waals surface area (Å²) >= 11 is 0. The van der Waals surface area contributed by atoms with Crippen molar-refractivity contribution >= 4 is 26.7 Å². The minimum absolute atomic E-state index is 0.272. The lowest BCUT2D eigenvalue weighted by atomic mass is 10.0. The van der Waals surface area contributed by atoms with Crippen molar-refractivity contribution in [1.29, 1.82) is 0 Å². The summed E-state index contributed by atoms with van der Waals surface area (Å²) in [6, 6.07) is 18.2. The van der Waals surface area contributed by atoms with E-state index < -0.39 is 10.0 Å². The number of rotatable bonds is 3. The van der Waals surface area contributed by atoms with E-state index in [4.69, 9.17) is 0 Å². The monoisotopic (exact) mass is 375 g/mol. The van der Waals surface area contributed by atoms with Gasteiger partial charge in [0.25, 0.3) is 10.0 Å². The molecule has 5 nitrogen and oxygen atoms in total. The Morgan fingerprint density at radius 1 is 1.00 bits per heavy atom. The van der Waals surface area contributed by atoms with Gasteiger partial charge in [-0.15, -0.1) is 0 Å². The number of anilines is 1. The smallest absolute Gasteiger partial charge is 0.268 e. The van der Waals surface area contributed by atoms with Crippen LogP contribution < -0.4 is 5.32 Å². The Morgan fingerprint density at radius 3 is 2.63 bits per heavy atom. The number of aromatic nitrogens is 2.